The van der Waals surface area contributed by atoms with Crippen LogP contribution in [0.15, 0.2) is 0 Å². The van der Waals surface area contributed by atoms with E-state index in [2.05, 4.69) is 38.0 Å². The van der Waals surface area contributed by atoms with Crippen LogP contribution >= 0.6 is 12.2 Å². The average Bonchev–Trinajstić information content (AvgIpc) is 1.85. The number of rotatable bonds is 2. The second kappa shape index (κ2) is 4.51. The van der Waals surface area contributed by atoms with Gasteiger partial charge in [-0.05, 0) is 39.9 Å². The van der Waals surface area contributed by atoms with E-state index < -0.39 is 0 Å². The lowest BCUT2D eigenvalue weighted by Gasteiger charge is -2.32. The van der Waals surface area contributed by atoms with Gasteiger partial charge in [0.25, 0.3) is 0 Å². The number of nitrogens with zero attached hydrogens (tertiary/aromatic N) is 1. The Hall–Kier alpha value is -0.350. The van der Waals surface area contributed by atoms with Crippen LogP contribution in [0.5, 0.6) is 0 Å². The minimum absolute atomic E-state index is 0.388. The first kappa shape index (κ1) is 10.7. The van der Waals surface area contributed by atoms with Crippen molar-refractivity contribution in [3.05, 3.63) is 0 Å². The number of nitrogens with two attached hydrogens (primary N) is 1. The summed E-state index contributed by atoms with van der Waals surface area (Å²) >= 11 is 5.02. The molecule has 0 rings (SSSR count). The zero-order valence-electron chi connectivity index (χ0n) is 7.59. The van der Waals surface area contributed by atoms with Crippen LogP contribution in [0, 0.1) is 0 Å². The van der Waals surface area contributed by atoms with Crippen molar-refractivity contribution in [3.63, 3.8) is 0 Å². The molecule has 0 amide bonds. The molecule has 0 aliphatic heterocycles. The molecule has 0 atom stereocenters. The van der Waals surface area contributed by atoms with E-state index in [4.69, 9.17) is 18.1 Å². The summed E-state index contributed by atoms with van der Waals surface area (Å²) in [5, 5.41) is 0.606. The molecule has 0 aliphatic carbocycles. The maximum Gasteiger partial charge on any atom is 0.183 e. The number of thiocarbonyl (C=S) groups is 1. The lowest BCUT2D eigenvalue weighted by molar-refractivity contribution is 0.288. The van der Waals surface area contributed by atoms with Gasteiger partial charge in [0.05, 0.1) is 0 Å². The summed E-state index contributed by atoms with van der Waals surface area (Å²) in [6.45, 7) is 8.35. The normalized spacial score (nSPS) is 10.5. The van der Waals surface area contributed by atoms with Gasteiger partial charge >= 0.3 is 0 Å². The molecule has 66 valence electrons. The van der Waals surface area contributed by atoms with Gasteiger partial charge in [0, 0.05) is 12.1 Å². The first-order chi connectivity index (χ1) is 5.00. The van der Waals surface area contributed by atoms with Crippen LogP contribution < -0.4 is 11.3 Å². The van der Waals surface area contributed by atoms with Crippen LogP contribution in [-0.2, 0) is 0 Å². The van der Waals surface area contributed by atoms with Crippen molar-refractivity contribution in [1.29, 1.82) is 0 Å². The maximum absolute atomic E-state index is 5.22. The van der Waals surface area contributed by atoms with Crippen molar-refractivity contribution < 1.29 is 0 Å². The molecule has 0 spiro atoms. The van der Waals surface area contributed by atoms with Gasteiger partial charge in [0.2, 0.25) is 0 Å². The molecule has 0 aliphatic rings. The molecule has 0 heterocycles. The molecule has 0 fully saturated rings. The van der Waals surface area contributed by atoms with Crippen molar-refractivity contribution >= 4 is 17.3 Å². The van der Waals surface area contributed by atoms with Gasteiger partial charge in [-0.15, -0.1) is 0 Å². The fourth-order valence-corrected chi connectivity index (χ4v) is 1.56. The Kier molecular flexibility index (Phi) is 4.37. The average molecular weight is 175 g/mol. The third-order valence-electron chi connectivity index (χ3n) is 1.47. The molecule has 0 unspecified atom stereocenters. The van der Waals surface area contributed by atoms with Gasteiger partial charge in [-0.25, -0.2) is 5.84 Å². The zero-order valence-corrected chi connectivity index (χ0v) is 8.40. The van der Waals surface area contributed by atoms with Crippen molar-refractivity contribution in [1.82, 2.24) is 10.3 Å². The Morgan fingerprint density at radius 3 is 1.73 bits per heavy atom. The van der Waals surface area contributed by atoms with Gasteiger partial charge in [-0.2, -0.15) is 0 Å². The second-order valence-electron chi connectivity index (χ2n) is 3.04. The molecular formula is C7H17N3S. The summed E-state index contributed by atoms with van der Waals surface area (Å²) in [7, 11) is 0. The van der Waals surface area contributed by atoms with E-state index in [0.717, 1.165) is 0 Å². The minimum Gasteiger partial charge on any atom is -0.343 e. The van der Waals surface area contributed by atoms with Crippen molar-refractivity contribution in [2.24, 2.45) is 5.84 Å². The summed E-state index contributed by atoms with van der Waals surface area (Å²) in [5.74, 6) is 5.22. The minimum atomic E-state index is 0.388. The van der Waals surface area contributed by atoms with Crippen LogP contribution in [0.25, 0.3) is 0 Å². The molecule has 0 bridgehead atoms. The van der Waals surface area contributed by atoms with Gasteiger partial charge < -0.3 is 10.3 Å². The number of hydrogen-bond acceptors (Lipinski definition) is 2. The van der Waals surface area contributed by atoms with E-state index in [0.29, 0.717) is 17.2 Å². The van der Waals surface area contributed by atoms with Gasteiger partial charge in [-0.1, -0.05) is 0 Å². The third kappa shape index (κ3) is 3.03. The van der Waals surface area contributed by atoms with Crippen molar-refractivity contribution in [2.75, 3.05) is 0 Å². The monoisotopic (exact) mass is 175 g/mol. The summed E-state index contributed by atoms with van der Waals surface area (Å²) in [5.41, 5.74) is 2.49. The van der Waals surface area contributed by atoms with Crippen LogP contribution in [0.2, 0.25) is 0 Å². The van der Waals surface area contributed by atoms with Crippen molar-refractivity contribution in [3.8, 4) is 0 Å². The van der Waals surface area contributed by atoms with Gasteiger partial charge in [-0.3, -0.25) is 0 Å². The molecule has 0 aromatic heterocycles. The molecule has 3 nitrogen and oxygen atoms in total. The van der Waals surface area contributed by atoms with E-state index in [1.54, 1.807) is 0 Å². The molecule has 0 saturated heterocycles. The maximum atomic E-state index is 5.22. The Morgan fingerprint density at radius 1 is 1.27 bits per heavy atom. The zero-order chi connectivity index (χ0) is 9.02. The lowest BCUT2D eigenvalue weighted by Crippen LogP contribution is -2.49. The standard InChI is InChI=1S/C7H17N3S/c1-5(2)10(6(3)4)7(11)9-8/h5-6H,8H2,1-4H3,(H,9,11). The molecule has 0 saturated carbocycles. The topological polar surface area (TPSA) is 41.3 Å². The van der Waals surface area contributed by atoms with E-state index >= 15 is 0 Å². The first-order valence-corrected chi connectivity index (χ1v) is 4.20. The Morgan fingerprint density at radius 2 is 1.64 bits per heavy atom. The fourth-order valence-electron chi connectivity index (χ4n) is 1.14. The van der Waals surface area contributed by atoms with Crippen molar-refractivity contribution in [2.45, 2.75) is 39.8 Å². The van der Waals surface area contributed by atoms with E-state index in [9.17, 15) is 0 Å². The predicted octanol–water partition coefficient (Wildman–Crippen LogP) is 0.853. The highest BCUT2D eigenvalue weighted by Gasteiger charge is 2.14. The fraction of sp³-hybridized carbons (Fsp3) is 0.857. The molecule has 0 aromatic rings. The lowest BCUT2D eigenvalue weighted by atomic mass is 10.2. The van der Waals surface area contributed by atoms with E-state index in [1.807, 2.05) is 0 Å². The molecular weight excluding hydrogens is 158 g/mol. The number of hydrogen-bond donors (Lipinski definition) is 2. The summed E-state index contributed by atoms with van der Waals surface area (Å²) in [4.78, 5) is 2.05. The second-order valence-corrected chi connectivity index (χ2v) is 3.43. The van der Waals surface area contributed by atoms with Gasteiger partial charge in [0.15, 0.2) is 5.11 Å². The molecule has 11 heavy (non-hydrogen) atoms. The Balaban J connectivity index is 4.22. The summed E-state index contributed by atoms with van der Waals surface area (Å²) < 4.78 is 0. The molecule has 0 radical (unpaired) electrons. The Bertz CT molecular complexity index is 126. The van der Waals surface area contributed by atoms with E-state index in [-0.39, 0.29) is 0 Å². The predicted molar refractivity (Wildman–Crippen MR) is 52.0 cm³/mol. The smallest absolute Gasteiger partial charge is 0.183 e. The summed E-state index contributed by atoms with van der Waals surface area (Å²) in [6, 6.07) is 0.775. The third-order valence-corrected chi connectivity index (χ3v) is 1.80. The Labute approximate surface area is 73.9 Å². The van der Waals surface area contributed by atoms with Crippen LogP contribution in [0.4, 0.5) is 0 Å². The summed E-state index contributed by atoms with van der Waals surface area (Å²) in [6.07, 6.45) is 0. The molecule has 0 aromatic carbocycles. The van der Waals surface area contributed by atoms with Gasteiger partial charge in [0.1, 0.15) is 0 Å². The van der Waals surface area contributed by atoms with Crippen LogP contribution in [-0.4, -0.2) is 22.1 Å². The number of hydrazine groups is 1. The SMILES string of the molecule is CC(C)N(C(=S)NN)C(C)C. The quantitative estimate of drug-likeness (QED) is 0.371. The highest BCUT2D eigenvalue weighted by atomic mass is 32.1. The van der Waals surface area contributed by atoms with Crippen LogP contribution in [0.3, 0.4) is 0 Å². The molecule has 3 N–H and O–H groups in total. The van der Waals surface area contributed by atoms with E-state index in [1.165, 1.54) is 0 Å². The first-order valence-electron chi connectivity index (χ1n) is 3.79. The highest BCUT2D eigenvalue weighted by molar-refractivity contribution is 7.80. The number of nitrogens with one attached hydrogen (secondary N) is 1. The highest BCUT2D eigenvalue weighted by Crippen LogP contribution is 2.04. The van der Waals surface area contributed by atoms with Crippen LogP contribution in [0.1, 0.15) is 27.7 Å². The largest absolute Gasteiger partial charge is 0.343 e. The molecule has 4 heteroatoms.